The SMILES string of the molecule is CCCCCCC(C)(C)OC(=O)C(C)(C)C. The van der Waals surface area contributed by atoms with Crippen molar-refractivity contribution >= 4 is 5.97 Å². The smallest absolute Gasteiger partial charge is 0.311 e. The highest BCUT2D eigenvalue weighted by molar-refractivity contribution is 5.75. The zero-order valence-corrected chi connectivity index (χ0v) is 11.9. The maximum absolute atomic E-state index is 11.7. The Kier molecular flexibility index (Phi) is 6.06. The summed E-state index contributed by atoms with van der Waals surface area (Å²) in [7, 11) is 0. The molecule has 2 nitrogen and oxygen atoms in total. The van der Waals surface area contributed by atoms with Crippen molar-refractivity contribution in [3.05, 3.63) is 0 Å². The molecule has 2 heteroatoms. The average molecular weight is 228 g/mol. The second kappa shape index (κ2) is 6.27. The quantitative estimate of drug-likeness (QED) is 0.500. The molecule has 0 N–H and O–H groups in total. The highest BCUT2D eigenvalue weighted by Crippen LogP contribution is 2.24. The van der Waals surface area contributed by atoms with Gasteiger partial charge in [0.15, 0.2) is 0 Å². The number of esters is 1. The molecule has 0 spiro atoms. The van der Waals surface area contributed by atoms with Crippen LogP contribution >= 0.6 is 0 Å². The average Bonchev–Trinajstić information content (AvgIpc) is 2.10. The summed E-state index contributed by atoms with van der Waals surface area (Å²) < 4.78 is 5.54. The number of hydrogen-bond acceptors (Lipinski definition) is 2. The Bertz CT molecular complexity index is 211. The lowest BCUT2D eigenvalue weighted by molar-refractivity contribution is -0.166. The number of unbranched alkanes of at least 4 members (excludes halogenated alkanes) is 3. The molecule has 0 fully saturated rings. The molecule has 0 aromatic rings. The van der Waals surface area contributed by atoms with Gasteiger partial charge in [0, 0.05) is 0 Å². The van der Waals surface area contributed by atoms with Gasteiger partial charge in [-0.25, -0.2) is 0 Å². The van der Waals surface area contributed by atoms with E-state index in [0.29, 0.717) is 0 Å². The normalized spacial score (nSPS) is 12.6. The molecular weight excluding hydrogens is 200 g/mol. The Morgan fingerprint density at radius 3 is 2.00 bits per heavy atom. The number of rotatable bonds is 6. The van der Waals surface area contributed by atoms with Crippen molar-refractivity contribution in [3.8, 4) is 0 Å². The first-order valence-electron chi connectivity index (χ1n) is 6.42. The molecule has 96 valence electrons. The van der Waals surface area contributed by atoms with Crippen LogP contribution in [-0.2, 0) is 9.53 Å². The Labute approximate surface area is 101 Å². The lowest BCUT2D eigenvalue weighted by Gasteiger charge is -2.29. The zero-order chi connectivity index (χ0) is 12.8. The predicted molar refractivity (Wildman–Crippen MR) is 68.4 cm³/mol. The van der Waals surface area contributed by atoms with Gasteiger partial charge < -0.3 is 4.74 Å². The van der Waals surface area contributed by atoms with Crippen LogP contribution in [0.3, 0.4) is 0 Å². The molecule has 16 heavy (non-hydrogen) atoms. The van der Waals surface area contributed by atoms with Crippen molar-refractivity contribution in [1.82, 2.24) is 0 Å². The van der Waals surface area contributed by atoms with Crippen LogP contribution in [0.15, 0.2) is 0 Å². The lowest BCUT2D eigenvalue weighted by Crippen LogP contribution is -2.34. The maximum atomic E-state index is 11.7. The van der Waals surface area contributed by atoms with Crippen LogP contribution in [-0.4, -0.2) is 11.6 Å². The number of carbonyl (C=O) groups excluding carboxylic acids is 1. The molecule has 0 rings (SSSR count). The minimum absolute atomic E-state index is 0.104. The lowest BCUT2D eigenvalue weighted by atomic mass is 9.95. The molecule has 0 saturated carbocycles. The Hall–Kier alpha value is -0.530. The van der Waals surface area contributed by atoms with Gasteiger partial charge in [-0.3, -0.25) is 4.79 Å². The Balaban J connectivity index is 4.00. The summed E-state index contributed by atoms with van der Waals surface area (Å²) in [6.07, 6.45) is 5.82. The highest BCUT2D eigenvalue weighted by atomic mass is 16.6. The van der Waals surface area contributed by atoms with Crippen LogP contribution in [0, 0.1) is 5.41 Å². The standard InChI is InChI=1S/C14H28O2/c1-7-8-9-10-11-14(5,6)16-12(15)13(2,3)4/h7-11H2,1-6H3. The molecule has 0 radical (unpaired) electrons. The van der Waals surface area contributed by atoms with Gasteiger partial charge in [0.05, 0.1) is 5.41 Å². The molecule has 0 atom stereocenters. The molecule has 0 aliphatic heterocycles. The largest absolute Gasteiger partial charge is 0.459 e. The molecule has 0 amide bonds. The summed E-state index contributed by atoms with van der Waals surface area (Å²) in [5.41, 5.74) is -0.723. The van der Waals surface area contributed by atoms with Crippen molar-refractivity contribution in [2.45, 2.75) is 79.2 Å². The van der Waals surface area contributed by atoms with Gasteiger partial charge in [0.25, 0.3) is 0 Å². The van der Waals surface area contributed by atoms with E-state index in [0.717, 1.165) is 12.8 Å². The maximum Gasteiger partial charge on any atom is 0.311 e. The van der Waals surface area contributed by atoms with Crippen molar-refractivity contribution < 1.29 is 9.53 Å². The fourth-order valence-electron chi connectivity index (χ4n) is 1.43. The van der Waals surface area contributed by atoms with Crippen LogP contribution in [0.1, 0.15) is 73.6 Å². The molecule has 0 aliphatic rings. The summed E-state index contributed by atoms with van der Waals surface area (Å²) in [6, 6.07) is 0. The second-order valence-corrected chi connectivity index (χ2v) is 6.21. The summed E-state index contributed by atoms with van der Waals surface area (Å²) in [5, 5.41) is 0. The first-order valence-corrected chi connectivity index (χ1v) is 6.42. The minimum Gasteiger partial charge on any atom is -0.459 e. The van der Waals surface area contributed by atoms with Gasteiger partial charge in [0.2, 0.25) is 0 Å². The fraction of sp³-hybridized carbons (Fsp3) is 0.929. The molecule has 0 aliphatic carbocycles. The monoisotopic (exact) mass is 228 g/mol. The fourth-order valence-corrected chi connectivity index (χ4v) is 1.43. The van der Waals surface area contributed by atoms with E-state index in [-0.39, 0.29) is 11.6 Å². The molecule has 0 unspecified atom stereocenters. The van der Waals surface area contributed by atoms with Crippen molar-refractivity contribution in [2.24, 2.45) is 5.41 Å². The van der Waals surface area contributed by atoms with Crippen LogP contribution in [0.2, 0.25) is 0 Å². The summed E-state index contributed by atoms with van der Waals surface area (Å²) in [5.74, 6) is -0.104. The summed E-state index contributed by atoms with van der Waals surface area (Å²) in [4.78, 5) is 11.7. The summed E-state index contributed by atoms with van der Waals surface area (Å²) in [6.45, 7) is 11.9. The molecule has 0 aromatic carbocycles. The van der Waals surface area contributed by atoms with Crippen LogP contribution in [0.4, 0.5) is 0 Å². The third-order valence-corrected chi connectivity index (χ3v) is 2.61. The van der Waals surface area contributed by atoms with Crippen molar-refractivity contribution in [1.29, 1.82) is 0 Å². The Morgan fingerprint density at radius 1 is 1.00 bits per heavy atom. The van der Waals surface area contributed by atoms with Gasteiger partial charge >= 0.3 is 5.97 Å². The zero-order valence-electron chi connectivity index (χ0n) is 11.9. The van der Waals surface area contributed by atoms with E-state index < -0.39 is 5.41 Å². The van der Waals surface area contributed by atoms with Crippen LogP contribution < -0.4 is 0 Å². The third-order valence-electron chi connectivity index (χ3n) is 2.61. The summed E-state index contributed by atoms with van der Waals surface area (Å²) >= 11 is 0. The molecule has 0 aromatic heterocycles. The van der Waals surface area contributed by atoms with E-state index >= 15 is 0 Å². The Morgan fingerprint density at radius 2 is 1.56 bits per heavy atom. The van der Waals surface area contributed by atoms with E-state index in [9.17, 15) is 4.79 Å². The molecular formula is C14H28O2. The van der Waals surface area contributed by atoms with Gasteiger partial charge in [-0.1, -0.05) is 26.2 Å². The molecule has 0 heterocycles. The second-order valence-electron chi connectivity index (χ2n) is 6.21. The van der Waals surface area contributed by atoms with Crippen molar-refractivity contribution in [3.63, 3.8) is 0 Å². The van der Waals surface area contributed by atoms with E-state index in [1.54, 1.807) is 0 Å². The van der Waals surface area contributed by atoms with E-state index in [1.165, 1.54) is 19.3 Å². The predicted octanol–water partition coefficient (Wildman–Crippen LogP) is 4.32. The van der Waals surface area contributed by atoms with Gasteiger partial charge in [0.1, 0.15) is 5.60 Å². The number of hydrogen-bond donors (Lipinski definition) is 0. The number of ether oxygens (including phenoxy) is 1. The third kappa shape index (κ3) is 6.86. The first kappa shape index (κ1) is 15.5. The molecule has 0 saturated heterocycles. The van der Waals surface area contributed by atoms with Crippen molar-refractivity contribution in [2.75, 3.05) is 0 Å². The van der Waals surface area contributed by atoms with Gasteiger partial charge in [-0.15, -0.1) is 0 Å². The highest BCUT2D eigenvalue weighted by Gasteiger charge is 2.29. The minimum atomic E-state index is -0.402. The van der Waals surface area contributed by atoms with Crippen LogP contribution in [0.5, 0.6) is 0 Å². The number of carbonyl (C=O) groups is 1. The van der Waals surface area contributed by atoms with E-state index in [1.807, 2.05) is 34.6 Å². The van der Waals surface area contributed by atoms with Crippen LogP contribution in [0.25, 0.3) is 0 Å². The van der Waals surface area contributed by atoms with Gasteiger partial charge in [-0.05, 0) is 47.5 Å². The van der Waals surface area contributed by atoms with Gasteiger partial charge in [-0.2, -0.15) is 0 Å². The van der Waals surface area contributed by atoms with E-state index in [2.05, 4.69) is 6.92 Å². The van der Waals surface area contributed by atoms with E-state index in [4.69, 9.17) is 4.74 Å². The topological polar surface area (TPSA) is 26.3 Å². The molecule has 0 bridgehead atoms. The first-order chi connectivity index (χ1) is 7.19.